The fourth-order valence-corrected chi connectivity index (χ4v) is 8.89. The van der Waals surface area contributed by atoms with Gasteiger partial charge in [-0.25, -0.2) is 0 Å². The maximum atomic E-state index is 4.29. The zero-order chi connectivity index (χ0) is 29.8. The molecule has 2 unspecified atom stereocenters. The summed E-state index contributed by atoms with van der Waals surface area (Å²) in [6.07, 6.45) is 17.1. The van der Waals surface area contributed by atoms with Gasteiger partial charge in [0.05, 0.1) is 0 Å². The Morgan fingerprint density at radius 1 is 0.860 bits per heavy atom. The topological polar surface area (TPSA) is 0 Å². The van der Waals surface area contributed by atoms with Gasteiger partial charge in [-0.3, -0.25) is 0 Å². The zero-order valence-electron chi connectivity index (χ0n) is 27.2. The summed E-state index contributed by atoms with van der Waals surface area (Å²) in [4.78, 5) is 0. The predicted molar refractivity (Wildman–Crippen MR) is 186 cm³/mol. The van der Waals surface area contributed by atoms with Gasteiger partial charge in [0.1, 0.15) is 0 Å². The van der Waals surface area contributed by atoms with Crippen LogP contribution >= 0.6 is 0 Å². The van der Waals surface area contributed by atoms with Crippen molar-refractivity contribution >= 4 is 17.2 Å². The minimum atomic E-state index is 0.530. The molecule has 0 spiro atoms. The molecule has 0 nitrogen and oxygen atoms in total. The van der Waals surface area contributed by atoms with E-state index in [1.165, 1.54) is 101 Å². The van der Waals surface area contributed by atoms with Gasteiger partial charge < -0.3 is 0 Å². The molecule has 0 amide bonds. The van der Waals surface area contributed by atoms with Gasteiger partial charge in [-0.2, -0.15) is 0 Å². The van der Waals surface area contributed by atoms with Crippen molar-refractivity contribution < 1.29 is 0 Å². The first-order valence-electron chi connectivity index (χ1n) is 17.2. The minimum Gasteiger partial charge on any atom is -0.0998 e. The molecule has 222 valence electrons. The molecule has 3 aromatic rings. The van der Waals surface area contributed by atoms with Crippen LogP contribution in [-0.2, 0) is 12.8 Å². The summed E-state index contributed by atoms with van der Waals surface area (Å²) in [6.45, 7) is 15.8. The van der Waals surface area contributed by atoms with E-state index in [-0.39, 0.29) is 0 Å². The number of fused-ring (bicyclic) bond motifs is 2. The van der Waals surface area contributed by atoms with Gasteiger partial charge >= 0.3 is 0 Å². The third-order valence-corrected chi connectivity index (χ3v) is 11.7. The van der Waals surface area contributed by atoms with Crippen LogP contribution in [0.1, 0.15) is 116 Å². The van der Waals surface area contributed by atoms with E-state index in [4.69, 9.17) is 0 Å². The fraction of sp³-hybridized carbons (Fsp3) is 0.442. The largest absolute Gasteiger partial charge is 0.0998 e. The first-order valence-corrected chi connectivity index (χ1v) is 17.2. The average molecular weight is 567 g/mol. The highest BCUT2D eigenvalue weighted by atomic mass is 14.4. The molecule has 0 saturated heterocycles. The van der Waals surface area contributed by atoms with Gasteiger partial charge in [-0.1, -0.05) is 92.6 Å². The number of benzene rings is 3. The van der Waals surface area contributed by atoms with Crippen molar-refractivity contribution in [2.24, 2.45) is 23.7 Å². The molecule has 0 N–H and O–H groups in total. The number of aryl methyl sites for hydroxylation is 2. The quantitative estimate of drug-likeness (QED) is 0.250. The van der Waals surface area contributed by atoms with Gasteiger partial charge in [0, 0.05) is 5.92 Å². The molecule has 2 saturated carbocycles. The van der Waals surface area contributed by atoms with E-state index < -0.39 is 0 Å². The maximum absolute atomic E-state index is 4.29. The summed E-state index contributed by atoms with van der Waals surface area (Å²) < 4.78 is 0. The summed E-state index contributed by atoms with van der Waals surface area (Å²) in [5.41, 5.74) is 18.7. The third kappa shape index (κ3) is 5.41. The Morgan fingerprint density at radius 2 is 1.60 bits per heavy atom. The van der Waals surface area contributed by atoms with Gasteiger partial charge in [-0.05, 0) is 163 Å². The van der Waals surface area contributed by atoms with Gasteiger partial charge in [-0.15, -0.1) is 0 Å². The lowest BCUT2D eigenvalue weighted by Gasteiger charge is -2.39. The molecule has 0 radical (unpaired) electrons. The van der Waals surface area contributed by atoms with Crippen molar-refractivity contribution in [3.05, 3.63) is 111 Å². The normalized spacial score (nSPS) is 25.9. The Hall–Kier alpha value is -3.12. The van der Waals surface area contributed by atoms with Crippen LogP contribution in [0.2, 0.25) is 0 Å². The first-order chi connectivity index (χ1) is 20.7. The number of rotatable bonds is 7. The van der Waals surface area contributed by atoms with E-state index in [2.05, 4.69) is 102 Å². The number of hydrogen-bond donors (Lipinski definition) is 0. The molecule has 4 aliphatic carbocycles. The zero-order valence-corrected chi connectivity index (χ0v) is 27.2. The second kappa shape index (κ2) is 11.4. The van der Waals surface area contributed by atoms with Crippen molar-refractivity contribution in [3.8, 4) is 11.1 Å². The second-order valence-electron chi connectivity index (χ2n) is 14.9. The highest BCUT2D eigenvalue weighted by Crippen LogP contribution is 2.49. The molecular formula is C43H50. The minimum absolute atomic E-state index is 0.530. The van der Waals surface area contributed by atoms with Crippen LogP contribution in [0.25, 0.3) is 28.3 Å². The molecule has 0 heterocycles. The molecule has 0 heteroatoms. The van der Waals surface area contributed by atoms with Crippen LogP contribution in [0.5, 0.6) is 0 Å². The van der Waals surface area contributed by atoms with Crippen LogP contribution < -0.4 is 0 Å². The lowest BCUT2D eigenvalue weighted by atomic mass is 9.67. The summed E-state index contributed by atoms with van der Waals surface area (Å²) in [5.74, 6) is 4.24. The molecule has 3 atom stereocenters. The number of allylic oxidation sites excluding steroid dienone is 4. The predicted octanol–water partition coefficient (Wildman–Crippen LogP) is 11.9. The van der Waals surface area contributed by atoms with Crippen LogP contribution in [0, 0.1) is 37.5 Å². The van der Waals surface area contributed by atoms with Crippen molar-refractivity contribution in [1.29, 1.82) is 0 Å². The molecule has 2 fully saturated rings. The molecule has 0 aromatic heterocycles. The molecule has 4 aliphatic rings. The highest BCUT2D eigenvalue weighted by molar-refractivity contribution is 5.94. The Kier molecular flexibility index (Phi) is 7.61. The summed E-state index contributed by atoms with van der Waals surface area (Å²) in [7, 11) is 0. The molecule has 3 aromatic carbocycles. The van der Waals surface area contributed by atoms with E-state index in [9.17, 15) is 0 Å². The number of hydrogen-bond acceptors (Lipinski definition) is 0. The highest BCUT2D eigenvalue weighted by Gasteiger charge is 2.34. The molecule has 43 heavy (non-hydrogen) atoms. The fourth-order valence-electron chi connectivity index (χ4n) is 8.89. The van der Waals surface area contributed by atoms with E-state index in [1.54, 1.807) is 16.7 Å². The summed E-state index contributed by atoms with van der Waals surface area (Å²) in [6, 6.07) is 19.0. The Morgan fingerprint density at radius 3 is 2.28 bits per heavy atom. The van der Waals surface area contributed by atoms with Crippen molar-refractivity contribution in [1.82, 2.24) is 0 Å². The van der Waals surface area contributed by atoms with Crippen molar-refractivity contribution in [2.45, 2.75) is 98.3 Å². The molecule has 7 rings (SSSR count). The summed E-state index contributed by atoms with van der Waals surface area (Å²) in [5, 5.41) is 0. The molecule has 0 aliphatic heterocycles. The van der Waals surface area contributed by atoms with E-state index in [0.717, 1.165) is 36.5 Å². The van der Waals surface area contributed by atoms with Crippen molar-refractivity contribution in [2.75, 3.05) is 0 Å². The van der Waals surface area contributed by atoms with Gasteiger partial charge in [0.2, 0.25) is 0 Å². The molecular weight excluding hydrogens is 516 g/mol. The van der Waals surface area contributed by atoms with E-state index in [1.807, 2.05) is 0 Å². The maximum Gasteiger partial charge on any atom is 0.000174 e. The molecule has 0 bridgehead atoms. The van der Waals surface area contributed by atoms with Crippen LogP contribution in [0.3, 0.4) is 0 Å². The first kappa shape index (κ1) is 28.6. The Labute approximate surface area is 261 Å². The van der Waals surface area contributed by atoms with Crippen LogP contribution in [0.4, 0.5) is 0 Å². The van der Waals surface area contributed by atoms with E-state index >= 15 is 0 Å². The van der Waals surface area contributed by atoms with E-state index in [0.29, 0.717) is 5.92 Å². The van der Waals surface area contributed by atoms with Gasteiger partial charge in [0.25, 0.3) is 0 Å². The van der Waals surface area contributed by atoms with Crippen LogP contribution in [-0.4, -0.2) is 0 Å². The summed E-state index contributed by atoms with van der Waals surface area (Å²) >= 11 is 0. The average Bonchev–Trinajstić information content (AvgIpc) is 3.56. The van der Waals surface area contributed by atoms with Crippen molar-refractivity contribution in [3.63, 3.8) is 0 Å². The third-order valence-electron chi connectivity index (χ3n) is 11.7. The van der Waals surface area contributed by atoms with Crippen LogP contribution in [0.15, 0.2) is 66.8 Å². The second-order valence-corrected chi connectivity index (χ2v) is 14.9. The lowest BCUT2D eigenvalue weighted by Crippen LogP contribution is -2.27. The Bertz CT molecular complexity index is 1620. The SMILES string of the molecule is C=C(C)Cc1c(C)cc2c(c1-c1ccc(C)cc1)CC(c1ccc3c(c1)C(C1CCC(C[C@@H]4CCC4C)CC1)=CC3C)=C2. The lowest BCUT2D eigenvalue weighted by molar-refractivity contribution is 0.137. The monoisotopic (exact) mass is 566 g/mol. The van der Waals surface area contributed by atoms with Gasteiger partial charge in [0.15, 0.2) is 0 Å². The smallest absolute Gasteiger partial charge is 0.000174 e. The standard InChI is InChI=1S/C43H50/c1-26(2)19-39-29(5)20-37-23-36(25-41(37)43(39)33-12-7-27(3)8-13-33)35-17-18-38-30(6)21-40(42(38)24-35)32-15-10-31(11-16-32)22-34-14-9-28(34)4/h7-8,12-13,17-18,20-21,23-24,28,30-32,34H,1,9-11,14-16,19,22,25H2,2-6H3/t28?,30?,31?,32?,34-/m0/s1. The Balaban J connectivity index is 1.16.